The van der Waals surface area contributed by atoms with E-state index < -0.39 is 0 Å². The van der Waals surface area contributed by atoms with E-state index in [9.17, 15) is 4.79 Å². The molecule has 74 valence electrons. The summed E-state index contributed by atoms with van der Waals surface area (Å²) in [5, 5.41) is 0. The van der Waals surface area contributed by atoms with Gasteiger partial charge in [0.05, 0.1) is 12.7 Å². The number of allylic oxidation sites excluding steroid dienone is 1. The summed E-state index contributed by atoms with van der Waals surface area (Å²) in [7, 11) is 1.57. The van der Waals surface area contributed by atoms with Crippen molar-refractivity contribution in [3.05, 3.63) is 41.5 Å². The van der Waals surface area contributed by atoms with E-state index in [0.29, 0.717) is 11.3 Å². The highest BCUT2D eigenvalue weighted by molar-refractivity contribution is 6.06. The number of ketones is 1. The zero-order chi connectivity index (χ0) is 10.7. The van der Waals surface area contributed by atoms with Crippen LogP contribution in [0.15, 0.2) is 24.8 Å². The van der Waals surface area contributed by atoms with Crippen LogP contribution in [0.1, 0.15) is 21.5 Å². The molecule has 0 heterocycles. The van der Waals surface area contributed by atoms with Gasteiger partial charge in [0.2, 0.25) is 0 Å². The average Bonchev–Trinajstić information content (AvgIpc) is 2.20. The van der Waals surface area contributed by atoms with Crippen LogP contribution in [0.4, 0.5) is 0 Å². The fraction of sp³-hybridized carbons (Fsp3) is 0.250. The molecule has 0 saturated carbocycles. The maximum Gasteiger partial charge on any atom is 0.188 e. The SMILES string of the molecule is C=CC(=O)c1ccc(C)c(C)c1OC. The van der Waals surface area contributed by atoms with Crippen LogP contribution in [0.25, 0.3) is 0 Å². The summed E-state index contributed by atoms with van der Waals surface area (Å²) in [6.45, 7) is 7.38. The molecule has 1 aromatic carbocycles. The fourth-order valence-corrected chi connectivity index (χ4v) is 1.36. The highest BCUT2D eigenvalue weighted by atomic mass is 16.5. The predicted molar refractivity (Wildman–Crippen MR) is 57.0 cm³/mol. The summed E-state index contributed by atoms with van der Waals surface area (Å²) in [6, 6.07) is 3.68. The van der Waals surface area contributed by atoms with Gasteiger partial charge in [-0.2, -0.15) is 0 Å². The maximum absolute atomic E-state index is 11.5. The van der Waals surface area contributed by atoms with E-state index in [-0.39, 0.29) is 5.78 Å². The number of carbonyl (C=O) groups excluding carboxylic acids is 1. The monoisotopic (exact) mass is 190 g/mol. The van der Waals surface area contributed by atoms with Crippen LogP contribution in [0.3, 0.4) is 0 Å². The van der Waals surface area contributed by atoms with Crippen molar-refractivity contribution in [2.75, 3.05) is 7.11 Å². The minimum Gasteiger partial charge on any atom is -0.496 e. The van der Waals surface area contributed by atoms with Crippen molar-refractivity contribution in [2.45, 2.75) is 13.8 Å². The van der Waals surface area contributed by atoms with Crippen molar-refractivity contribution in [1.82, 2.24) is 0 Å². The Kier molecular flexibility index (Phi) is 3.07. The van der Waals surface area contributed by atoms with Gasteiger partial charge in [0.1, 0.15) is 5.75 Å². The number of hydrogen-bond donors (Lipinski definition) is 0. The molecule has 0 aromatic heterocycles. The minimum absolute atomic E-state index is 0.107. The molecular weight excluding hydrogens is 176 g/mol. The summed E-state index contributed by atoms with van der Waals surface area (Å²) in [6.07, 6.45) is 1.30. The van der Waals surface area contributed by atoms with Crippen LogP contribution in [-0.4, -0.2) is 12.9 Å². The lowest BCUT2D eigenvalue weighted by Gasteiger charge is -2.11. The Hall–Kier alpha value is -1.57. The molecule has 0 aliphatic rings. The van der Waals surface area contributed by atoms with E-state index in [1.54, 1.807) is 13.2 Å². The highest BCUT2D eigenvalue weighted by Crippen LogP contribution is 2.26. The molecule has 0 aliphatic carbocycles. The molecule has 0 radical (unpaired) electrons. The zero-order valence-corrected chi connectivity index (χ0v) is 8.76. The number of rotatable bonds is 3. The van der Waals surface area contributed by atoms with E-state index in [4.69, 9.17) is 4.74 Å². The second kappa shape index (κ2) is 4.09. The van der Waals surface area contributed by atoms with E-state index in [1.807, 2.05) is 19.9 Å². The number of ether oxygens (including phenoxy) is 1. The molecule has 0 bridgehead atoms. The Morgan fingerprint density at radius 2 is 2.07 bits per heavy atom. The first-order valence-corrected chi connectivity index (χ1v) is 4.42. The van der Waals surface area contributed by atoms with Crippen LogP contribution in [0, 0.1) is 13.8 Å². The normalized spacial score (nSPS) is 9.64. The van der Waals surface area contributed by atoms with Gasteiger partial charge in [-0.15, -0.1) is 0 Å². The topological polar surface area (TPSA) is 26.3 Å². The van der Waals surface area contributed by atoms with Gasteiger partial charge in [-0.1, -0.05) is 12.6 Å². The summed E-state index contributed by atoms with van der Waals surface area (Å²) in [5.74, 6) is 0.542. The second-order valence-electron chi connectivity index (χ2n) is 3.16. The molecule has 0 atom stereocenters. The third-order valence-corrected chi connectivity index (χ3v) is 2.33. The van der Waals surface area contributed by atoms with Crippen LogP contribution >= 0.6 is 0 Å². The van der Waals surface area contributed by atoms with Gasteiger partial charge in [0.15, 0.2) is 5.78 Å². The third kappa shape index (κ3) is 1.69. The van der Waals surface area contributed by atoms with Gasteiger partial charge in [-0.3, -0.25) is 4.79 Å². The minimum atomic E-state index is -0.107. The van der Waals surface area contributed by atoms with Crippen LogP contribution < -0.4 is 4.74 Å². The Labute approximate surface area is 84.2 Å². The van der Waals surface area contributed by atoms with Crippen LogP contribution in [0.2, 0.25) is 0 Å². The standard InChI is InChI=1S/C12H14O2/c1-5-11(13)10-7-6-8(2)9(3)12(10)14-4/h5-7H,1H2,2-4H3. The molecule has 0 unspecified atom stereocenters. The second-order valence-corrected chi connectivity index (χ2v) is 3.16. The lowest BCUT2D eigenvalue weighted by Crippen LogP contribution is -2.01. The van der Waals surface area contributed by atoms with E-state index in [1.165, 1.54) is 6.08 Å². The van der Waals surface area contributed by atoms with Gasteiger partial charge in [-0.05, 0) is 37.1 Å². The van der Waals surface area contributed by atoms with Crippen LogP contribution in [0.5, 0.6) is 5.75 Å². The average molecular weight is 190 g/mol. The maximum atomic E-state index is 11.5. The van der Waals surface area contributed by atoms with E-state index in [0.717, 1.165) is 11.1 Å². The van der Waals surface area contributed by atoms with Gasteiger partial charge in [0, 0.05) is 0 Å². The first kappa shape index (κ1) is 10.5. The van der Waals surface area contributed by atoms with Crippen LogP contribution in [-0.2, 0) is 0 Å². The molecular formula is C12H14O2. The van der Waals surface area contributed by atoms with Gasteiger partial charge in [0.25, 0.3) is 0 Å². The molecule has 1 rings (SSSR count). The molecule has 2 nitrogen and oxygen atoms in total. The highest BCUT2D eigenvalue weighted by Gasteiger charge is 2.12. The molecule has 0 fully saturated rings. The largest absolute Gasteiger partial charge is 0.496 e. The smallest absolute Gasteiger partial charge is 0.188 e. The Morgan fingerprint density at radius 3 is 2.57 bits per heavy atom. The van der Waals surface area contributed by atoms with Gasteiger partial charge in [-0.25, -0.2) is 0 Å². The number of aryl methyl sites for hydroxylation is 1. The van der Waals surface area contributed by atoms with Gasteiger partial charge >= 0.3 is 0 Å². The molecule has 14 heavy (non-hydrogen) atoms. The van der Waals surface area contributed by atoms with Crippen molar-refractivity contribution in [3.8, 4) is 5.75 Å². The number of methoxy groups -OCH3 is 1. The van der Waals surface area contributed by atoms with Crippen molar-refractivity contribution in [2.24, 2.45) is 0 Å². The third-order valence-electron chi connectivity index (χ3n) is 2.33. The van der Waals surface area contributed by atoms with E-state index in [2.05, 4.69) is 6.58 Å². The molecule has 0 amide bonds. The van der Waals surface area contributed by atoms with Crippen molar-refractivity contribution >= 4 is 5.78 Å². The molecule has 0 saturated heterocycles. The first-order valence-electron chi connectivity index (χ1n) is 4.42. The number of benzene rings is 1. The van der Waals surface area contributed by atoms with Gasteiger partial charge < -0.3 is 4.74 Å². The van der Waals surface area contributed by atoms with Crippen molar-refractivity contribution in [3.63, 3.8) is 0 Å². The molecule has 1 aromatic rings. The van der Waals surface area contributed by atoms with Crippen molar-refractivity contribution in [1.29, 1.82) is 0 Å². The van der Waals surface area contributed by atoms with Crippen molar-refractivity contribution < 1.29 is 9.53 Å². The Balaban J connectivity index is 3.38. The lowest BCUT2D eigenvalue weighted by atomic mass is 10.0. The number of hydrogen-bond acceptors (Lipinski definition) is 2. The Bertz CT molecular complexity index is 378. The number of carbonyl (C=O) groups is 1. The molecule has 0 spiro atoms. The predicted octanol–water partition coefficient (Wildman–Crippen LogP) is 2.68. The summed E-state index contributed by atoms with van der Waals surface area (Å²) in [4.78, 5) is 11.5. The quantitative estimate of drug-likeness (QED) is 0.541. The fourth-order valence-electron chi connectivity index (χ4n) is 1.36. The summed E-state index contributed by atoms with van der Waals surface area (Å²) in [5.41, 5.74) is 2.69. The molecule has 0 aliphatic heterocycles. The Morgan fingerprint density at radius 1 is 1.43 bits per heavy atom. The van der Waals surface area contributed by atoms with E-state index >= 15 is 0 Å². The summed E-state index contributed by atoms with van der Waals surface area (Å²) >= 11 is 0. The molecule has 2 heteroatoms. The lowest BCUT2D eigenvalue weighted by molar-refractivity contribution is 0.104. The first-order chi connectivity index (χ1) is 6.61. The molecule has 0 N–H and O–H groups in total. The summed E-state index contributed by atoms with van der Waals surface area (Å²) < 4.78 is 5.21. The zero-order valence-electron chi connectivity index (χ0n) is 8.76.